The highest BCUT2D eigenvalue weighted by molar-refractivity contribution is 6.01. The van der Waals surface area contributed by atoms with Gasteiger partial charge in [0.1, 0.15) is 17.5 Å². The quantitative estimate of drug-likeness (QED) is 0.663. The number of para-hydroxylation sites is 1. The first-order valence-corrected chi connectivity index (χ1v) is 6.21. The average molecular weight is 275 g/mol. The molecule has 0 aromatic heterocycles. The van der Waals surface area contributed by atoms with Crippen molar-refractivity contribution in [3.63, 3.8) is 0 Å². The summed E-state index contributed by atoms with van der Waals surface area (Å²) in [7, 11) is 0. The van der Waals surface area contributed by atoms with Crippen molar-refractivity contribution < 1.29 is 8.78 Å². The summed E-state index contributed by atoms with van der Waals surface area (Å²) in [6.45, 7) is 2.24. The van der Waals surface area contributed by atoms with E-state index in [1.807, 2.05) is 6.92 Å². The molecular formula is C15H15F2N3. The molecule has 0 heterocycles. The van der Waals surface area contributed by atoms with Crippen LogP contribution in [0.2, 0.25) is 0 Å². The molecule has 0 amide bonds. The third kappa shape index (κ3) is 2.47. The molecule has 0 bridgehead atoms. The Morgan fingerprint density at radius 1 is 1.05 bits per heavy atom. The maximum Gasteiger partial charge on any atom is 0.146 e. The Kier molecular flexibility index (Phi) is 3.98. The van der Waals surface area contributed by atoms with Gasteiger partial charge in [0.25, 0.3) is 0 Å². The first kappa shape index (κ1) is 14.0. The van der Waals surface area contributed by atoms with Crippen LogP contribution in [0.1, 0.15) is 12.5 Å². The Hall–Kier alpha value is -2.43. The second-order valence-electron chi connectivity index (χ2n) is 4.24. The summed E-state index contributed by atoms with van der Waals surface area (Å²) in [6, 6.07) is 10.6. The van der Waals surface area contributed by atoms with E-state index in [1.54, 1.807) is 29.2 Å². The molecule has 2 rings (SSSR count). The molecule has 0 saturated heterocycles. The van der Waals surface area contributed by atoms with E-state index in [9.17, 15) is 8.78 Å². The third-order valence-electron chi connectivity index (χ3n) is 3.01. The van der Waals surface area contributed by atoms with Gasteiger partial charge in [0.15, 0.2) is 0 Å². The van der Waals surface area contributed by atoms with Crippen LogP contribution < -0.4 is 10.6 Å². The molecule has 3 nitrogen and oxygen atoms in total. The van der Waals surface area contributed by atoms with E-state index in [4.69, 9.17) is 11.1 Å². The number of nitrogens with zero attached hydrogens (tertiary/aromatic N) is 1. The van der Waals surface area contributed by atoms with Crippen molar-refractivity contribution in [2.75, 3.05) is 11.4 Å². The van der Waals surface area contributed by atoms with Crippen LogP contribution in [0.15, 0.2) is 42.5 Å². The summed E-state index contributed by atoms with van der Waals surface area (Å²) >= 11 is 0. The van der Waals surface area contributed by atoms with Crippen molar-refractivity contribution in [3.8, 4) is 0 Å². The molecule has 0 aliphatic heterocycles. The number of nitrogens with one attached hydrogen (secondary N) is 1. The standard InChI is InChI=1S/C15H15F2N3/c1-2-20(12-8-4-3-6-10(12)16)13-9-5-7-11(17)14(13)15(18)19/h3-9H,2H2,1H3,(H3,18,19). The van der Waals surface area contributed by atoms with Gasteiger partial charge in [0.2, 0.25) is 0 Å². The summed E-state index contributed by atoms with van der Waals surface area (Å²) in [5, 5.41) is 7.52. The van der Waals surface area contributed by atoms with Gasteiger partial charge in [-0.15, -0.1) is 0 Å². The highest BCUT2D eigenvalue weighted by Crippen LogP contribution is 2.31. The maximum atomic E-state index is 13.9. The molecule has 3 N–H and O–H groups in total. The number of rotatable bonds is 4. The molecule has 0 atom stereocenters. The fraction of sp³-hybridized carbons (Fsp3) is 0.133. The van der Waals surface area contributed by atoms with E-state index in [0.717, 1.165) is 0 Å². The highest BCUT2D eigenvalue weighted by Gasteiger charge is 2.19. The molecule has 0 fully saturated rings. The summed E-state index contributed by atoms with van der Waals surface area (Å²) in [5.74, 6) is -1.38. The Morgan fingerprint density at radius 2 is 1.65 bits per heavy atom. The molecule has 20 heavy (non-hydrogen) atoms. The average Bonchev–Trinajstić information content (AvgIpc) is 2.41. The van der Waals surface area contributed by atoms with Crippen LogP contribution in [0.3, 0.4) is 0 Å². The fourth-order valence-corrected chi connectivity index (χ4v) is 2.15. The molecule has 5 heteroatoms. The van der Waals surface area contributed by atoms with Gasteiger partial charge in [-0.2, -0.15) is 0 Å². The summed E-state index contributed by atoms with van der Waals surface area (Å²) in [6.07, 6.45) is 0. The number of amidine groups is 1. The molecular weight excluding hydrogens is 260 g/mol. The van der Waals surface area contributed by atoms with Gasteiger partial charge in [0, 0.05) is 6.54 Å². The zero-order valence-corrected chi connectivity index (χ0v) is 11.0. The first-order chi connectivity index (χ1) is 9.56. The maximum absolute atomic E-state index is 13.9. The lowest BCUT2D eigenvalue weighted by Gasteiger charge is -2.26. The van der Waals surface area contributed by atoms with Gasteiger partial charge >= 0.3 is 0 Å². The lowest BCUT2D eigenvalue weighted by atomic mass is 10.1. The largest absolute Gasteiger partial charge is 0.384 e. The molecule has 0 radical (unpaired) electrons. The third-order valence-corrected chi connectivity index (χ3v) is 3.01. The van der Waals surface area contributed by atoms with E-state index in [1.165, 1.54) is 18.2 Å². The number of halogens is 2. The number of hydrogen-bond acceptors (Lipinski definition) is 2. The molecule has 0 aliphatic rings. The minimum atomic E-state index is -0.593. The zero-order chi connectivity index (χ0) is 14.7. The molecule has 0 spiro atoms. The Balaban J connectivity index is 2.62. The van der Waals surface area contributed by atoms with Crippen LogP contribution in [-0.2, 0) is 0 Å². The highest BCUT2D eigenvalue weighted by atomic mass is 19.1. The van der Waals surface area contributed by atoms with Gasteiger partial charge < -0.3 is 10.6 Å². The molecule has 0 aliphatic carbocycles. The van der Waals surface area contributed by atoms with Crippen molar-refractivity contribution in [1.82, 2.24) is 0 Å². The normalized spacial score (nSPS) is 10.3. The number of hydrogen-bond donors (Lipinski definition) is 2. The predicted octanol–water partition coefficient (Wildman–Crippen LogP) is 3.41. The SMILES string of the molecule is CCN(c1ccccc1F)c1cccc(F)c1C(=N)N. The van der Waals surface area contributed by atoms with Crippen LogP contribution in [0.25, 0.3) is 0 Å². The van der Waals surface area contributed by atoms with Crippen molar-refractivity contribution >= 4 is 17.2 Å². The lowest BCUT2D eigenvalue weighted by molar-refractivity contribution is 0.620. The smallest absolute Gasteiger partial charge is 0.146 e. The lowest BCUT2D eigenvalue weighted by Crippen LogP contribution is -2.23. The number of anilines is 2. The van der Waals surface area contributed by atoms with E-state index in [0.29, 0.717) is 17.9 Å². The van der Waals surface area contributed by atoms with Gasteiger partial charge in [-0.05, 0) is 31.2 Å². The molecule has 2 aromatic carbocycles. The second-order valence-corrected chi connectivity index (χ2v) is 4.24. The summed E-state index contributed by atoms with van der Waals surface area (Å²) < 4.78 is 27.8. The van der Waals surface area contributed by atoms with Gasteiger partial charge in [0.05, 0.1) is 16.9 Å². The Bertz CT molecular complexity index is 641. The van der Waals surface area contributed by atoms with Crippen LogP contribution in [0.5, 0.6) is 0 Å². The van der Waals surface area contributed by atoms with Crippen molar-refractivity contribution in [1.29, 1.82) is 5.41 Å². The van der Waals surface area contributed by atoms with Crippen LogP contribution in [0, 0.1) is 17.0 Å². The van der Waals surface area contributed by atoms with Crippen molar-refractivity contribution in [3.05, 3.63) is 59.7 Å². The van der Waals surface area contributed by atoms with Gasteiger partial charge in [-0.1, -0.05) is 18.2 Å². The molecule has 0 unspecified atom stereocenters. The van der Waals surface area contributed by atoms with E-state index in [-0.39, 0.29) is 11.4 Å². The zero-order valence-electron chi connectivity index (χ0n) is 11.0. The van der Waals surface area contributed by atoms with Crippen molar-refractivity contribution in [2.24, 2.45) is 5.73 Å². The number of benzene rings is 2. The minimum Gasteiger partial charge on any atom is -0.384 e. The fourth-order valence-electron chi connectivity index (χ4n) is 2.15. The summed E-state index contributed by atoms with van der Waals surface area (Å²) in [4.78, 5) is 1.59. The number of nitrogens with two attached hydrogens (primary N) is 1. The van der Waals surface area contributed by atoms with Gasteiger partial charge in [-0.25, -0.2) is 8.78 Å². The topological polar surface area (TPSA) is 53.1 Å². The molecule has 2 aromatic rings. The predicted molar refractivity (Wildman–Crippen MR) is 76.5 cm³/mol. The minimum absolute atomic E-state index is 0.0161. The van der Waals surface area contributed by atoms with Crippen LogP contribution >= 0.6 is 0 Å². The van der Waals surface area contributed by atoms with E-state index < -0.39 is 11.6 Å². The molecule has 104 valence electrons. The molecule has 0 saturated carbocycles. The van der Waals surface area contributed by atoms with E-state index >= 15 is 0 Å². The van der Waals surface area contributed by atoms with Crippen LogP contribution in [0.4, 0.5) is 20.2 Å². The summed E-state index contributed by atoms with van der Waals surface area (Å²) in [5.41, 5.74) is 6.13. The Morgan fingerprint density at radius 3 is 2.25 bits per heavy atom. The van der Waals surface area contributed by atoms with Crippen LogP contribution in [-0.4, -0.2) is 12.4 Å². The van der Waals surface area contributed by atoms with E-state index in [2.05, 4.69) is 0 Å². The monoisotopic (exact) mass is 275 g/mol. The first-order valence-electron chi connectivity index (χ1n) is 6.21. The number of nitrogen functional groups attached to an aromatic ring is 1. The second kappa shape index (κ2) is 5.69. The van der Waals surface area contributed by atoms with Crippen molar-refractivity contribution in [2.45, 2.75) is 6.92 Å². The Labute approximate surface area is 116 Å². The van der Waals surface area contributed by atoms with Gasteiger partial charge in [-0.3, -0.25) is 5.41 Å².